The second-order valence-corrected chi connectivity index (χ2v) is 6.35. The van der Waals surface area contributed by atoms with Crippen molar-refractivity contribution in [2.24, 2.45) is 5.41 Å². The average Bonchev–Trinajstić information content (AvgIpc) is 2.83. The molecule has 0 spiro atoms. The zero-order valence-corrected chi connectivity index (χ0v) is 13.9. The van der Waals surface area contributed by atoms with Crippen molar-refractivity contribution in [1.82, 2.24) is 15.4 Å². The number of nitrogens with zero attached hydrogens (tertiary/aromatic N) is 2. The maximum Gasteiger partial charge on any atom is 0.259 e. The molecule has 1 aliphatic heterocycles. The Morgan fingerprint density at radius 3 is 2.73 bits per heavy atom. The molecule has 6 heteroatoms. The van der Waals surface area contributed by atoms with Gasteiger partial charge in [0.25, 0.3) is 5.91 Å². The number of nitrogens with one attached hydrogen (secondary N) is 1. The van der Waals surface area contributed by atoms with Crippen molar-refractivity contribution in [2.45, 2.75) is 47.0 Å². The Balaban J connectivity index is 2.13. The molecule has 1 saturated heterocycles. The third-order valence-corrected chi connectivity index (χ3v) is 4.31. The normalized spacial score (nSPS) is 21.7. The van der Waals surface area contributed by atoms with E-state index in [4.69, 9.17) is 4.52 Å². The molecule has 1 aromatic rings. The summed E-state index contributed by atoms with van der Waals surface area (Å²) >= 11 is 0. The lowest BCUT2D eigenvalue weighted by Crippen LogP contribution is -2.52. The van der Waals surface area contributed by atoms with Gasteiger partial charge in [0.1, 0.15) is 11.3 Å². The molecule has 0 saturated carbocycles. The molecule has 1 aromatic heterocycles. The van der Waals surface area contributed by atoms with Crippen LogP contribution in [0.5, 0.6) is 0 Å². The lowest BCUT2D eigenvalue weighted by molar-refractivity contribution is -0.132. The number of piperidine rings is 1. The topological polar surface area (TPSA) is 75.4 Å². The first-order valence-electron chi connectivity index (χ1n) is 7.89. The molecule has 6 nitrogen and oxygen atoms in total. The second kappa shape index (κ2) is 6.50. The number of carbonyl (C=O) groups excluding carboxylic acids is 2. The Morgan fingerprint density at radius 2 is 2.14 bits per heavy atom. The third-order valence-electron chi connectivity index (χ3n) is 4.31. The van der Waals surface area contributed by atoms with E-state index >= 15 is 0 Å². The number of hydrogen-bond acceptors (Lipinski definition) is 4. The standard InChI is InChI=1S/C16H25N3O3/c1-5-8-17-15(21)16(4)7-6-9-19(10-16)14(20)13-11(2)18-22-12(13)3/h5-10H2,1-4H3,(H,17,21). The highest BCUT2D eigenvalue weighted by Gasteiger charge is 2.40. The molecule has 0 aromatic carbocycles. The summed E-state index contributed by atoms with van der Waals surface area (Å²) in [5.41, 5.74) is 0.602. The minimum absolute atomic E-state index is 0.0330. The Morgan fingerprint density at radius 1 is 1.41 bits per heavy atom. The highest BCUT2D eigenvalue weighted by atomic mass is 16.5. The molecule has 1 unspecified atom stereocenters. The van der Waals surface area contributed by atoms with Gasteiger partial charge in [-0.05, 0) is 40.0 Å². The van der Waals surface area contributed by atoms with Gasteiger partial charge in [-0.25, -0.2) is 0 Å². The molecule has 1 fully saturated rings. The summed E-state index contributed by atoms with van der Waals surface area (Å²) in [7, 11) is 0. The van der Waals surface area contributed by atoms with Crippen LogP contribution in [0.1, 0.15) is 54.9 Å². The summed E-state index contributed by atoms with van der Waals surface area (Å²) in [6.45, 7) is 9.24. The summed E-state index contributed by atoms with van der Waals surface area (Å²) in [4.78, 5) is 26.9. The molecule has 2 heterocycles. The minimum Gasteiger partial charge on any atom is -0.361 e. The summed E-state index contributed by atoms with van der Waals surface area (Å²) in [5, 5.41) is 6.79. The van der Waals surface area contributed by atoms with Crippen LogP contribution in [-0.4, -0.2) is 41.5 Å². The van der Waals surface area contributed by atoms with E-state index in [1.807, 2.05) is 13.8 Å². The zero-order valence-electron chi connectivity index (χ0n) is 13.9. The monoisotopic (exact) mass is 307 g/mol. The Labute approximate surface area is 131 Å². The fraction of sp³-hybridized carbons (Fsp3) is 0.688. The summed E-state index contributed by atoms with van der Waals surface area (Å²) in [6.07, 6.45) is 2.53. The van der Waals surface area contributed by atoms with E-state index in [2.05, 4.69) is 10.5 Å². The van der Waals surface area contributed by atoms with Crippen molar-refractivity contribution in [3.05, 3.63) is 17.0 Å². The van der Waals surface area contributed by atoms with Gasteiger partial charge in [-0.1, -0.05) is 12.1 Å². The zero-order chi connectivity index (χ0) is 16.3. The van der Waals surface area contributed by atoms with Crippen LogP contribution in [0.3, 0.4) is 0 Å². The lowest BCUT2D eigenvalue weighted by Gasteiger charge is -2.39. The molecule has 0 radical (unpaired) electrons. The first-order chi connectivity index (χ1) is 10.4. The van der Waals surface area contributed by atoms with Gasteiger partial charge in [0.2, 0.25) is 5.91 Å². The van der Waals surface area contributed by atoms with E-state index in [1.165, 1.54) is 0 Å². The molecular weight excluding hydrogens is 282 g/mol. The highest BCUT2D eigenvalue weighted by molar-refractivity contribution is 5.96. The molecule has 2 rings (SSSR count). The first kappa shape index (κ1) is 16.5. The van der Waals surface area contributed by atoms with Crippen LogP contribution in [0.15, 0.2) is 4.52 Å². The van der Waals surface area contributed by atoms with Gasteiger partial charge in [0, 0.05) is 19.6 Å². The van der Waals surface area contributed by atoms with Crippen molar-refractivity contribution in [3.8, 4) is 0 Å². The number of aromatic nitrogens is 1. The van der Waals surface area contributed by atoms with E-state index in [-0.39, 0.29) is 11.8 Å². The quantitative estimate of drug-likeness (QED) is 0.924. The van der Waals surface area contributed by atoms with Gasteiger partial charge >= 0.3 is 0 Å². The largest absolute Gasteiger partial charge is 0.361 e. The van der Waals surface area contributed by atoms with Crippen molar-refractivity contribution in [1.29, 1.82) is 0 Å². The van der Waals surface area contributed by atoms with Crippen LogP contribution in [0, 0.1) is 19.3 Å². The Hall–Kier alpha value is -1.85. The van der Waals surface area contributed by atoms with E-state index in [1.54, 1.807) is 18.7 Å². The summed E-state index contributed by atoms with van der Waals surface area (Å²) in [5.74, 6) is 0.473. The van der Waals surface area contributed by atoms with E-state index in [9.17, 15) is 9.59 Å². The van der Waals surface area contributed by atoms with Crippen molar-refractivity contribution in [3.63, 3.8) is 0 Å². The maximum atomic E-state index is 12.7. The molecule has 0 aliphatic carbocycles. The molecule has 0 bridgehead atoms. The van der Waals surface area contributed by atoms with Gasteiger partial charge in [0.05, 0.1) is 11.1 Å². The van der Waals surface area contributed by atoms with Gasteiger partial charge < -0.3 is 14.7 Å². The maximum absolute atomic E-state index is 12.7. The third kappa shape index (κ3) is 3.15. The lowest BCUT2D eigenvalue weighted by atomic mass is 9.80. The first-order valence-corrected chi connectivity index (χ1v) is 7.89. The van der Waals surface area contributed by atoms with Crippen LogP contribution < -0.4 is 5.32 Å². The summed E-state index contributed by atoms with van der Waals surface area (Å²) < 4.78 is 5.08. The molecule has 22 heavy (non-hydrogen) atoms. The van der Waals surface area contributed by atoms with E-state index < -0.39 is 5.41 Å². The fourth-order valence-electron chi connectivity index (χ4n) is 3.00. The fourth-order valence-corrected chi connectivity index (χ4v) is 3.00. The van der Waals surface area contributed by atoms with E-state index in [0.29, 0.717) is 36.7 Å². The number of aryl methyl sites for hydroxylation is 2. The SMILES string of the molecule is CCCNC(=O)C1(C)CCCN(C(=O)c2c(C)noc2C)C1. The van der Waals surface area contributed by atoms with Gasteiger partial charge in [-0.3, -0.25) is 9.59 Å². The molecule has 122 valence electrons. The van der Waals surface area contributed by atoms with Gasteiger partial charge in [0.15, 0.2) is 0 Å². The van der Waals surface area contributed by atoms with Crippen molar-refractivity contribution < 1.29 is 14.1 Å². The van der Waals surface area contributed by atoms with Crippen molar-refractivity contribution in [2.75, 3.05) is 19.6 Å². The number of likely N-dealkylation sites (tertiary alicyclic amines) is 1. The Kier molecular flexibility index (Phi) is 4.88. The van der Waals surface area contributed by atoms with Crippen LogP contribution in [0.25, 0.3) is 0 Å². The molecule has 1 atom stereocenters. The van der Waals surface area contributed by atoms with Crippen LogP contribution in [0.2, 0.25) is 0 Å². The van der Waals surface area contributed by atoms with Crippen LogP contribution >= 0.6 is 0 Å². The molecular formula is C16H25N3O3. The molecule has 1 aliphatic rings. The van der Waals surface area contributed by atoms with E-state index in [0.717, 1.165) is 19.3 Å². The van der Waals surface area contributed by atoms with Crippen molar-refractivity contribution >= 4 is 11.8 Å². The van der Waals surface area contributed by atoms with Gasteiger partial charge in [-0.15, -0.1) is 0 Å². The summed E-state index contributed by atoms with van der Waals surface area (Å²) in [6, 6.07) is 0. The minimum atomic E-state index is -0.526. The van der Waals surface area contributed by atoms with Crippen LogP contribution in [0.4, 0.5) is 0 Å². The second-order valence-electron chi connectivity index (χ2n) is 6.35. The number of amides is 2. The highest BCUT2D eigenvalue weighted by Crippen LogP contribution is 2.31. The number of carbonyl (C=O) groups is 2. The number of rotatable bonds is 4. The predicted octanol–water partition coefficient (Wildman–Crippen LogP) is 2.06. The average molecular weight is 307 g/mol. The molecule has 2 amide bonds. The number of hydrogen-bond donors (Lipinski definition) is 1. The van der Waals surface area contributed by atoms with Crippen LogP contribution in [-0.2, 0) is 4.79 Å². The smallest absolute Gasteiger partial charge is 0.259 e. The van der Waals surface area contributed by atoms with Gasteiger partial charge in [-0.2, -0.15) is 0 Å². The Bertz CT molecular complexity index is 547. The molecule has 1 N–H and O–H groups in total. The predicted molar refractivity (Wildman–Crippen MR) is 82.5 cm³/mol.